The van der Waals surface area contributed by atoms with Gasteiger partial charge in [0.25, 0.3) is 0 Å². The zero-order chi connectivity index (χ0) is 7.90. The van der Waals surface area contributed by atoms with Crippen molar-refractivity contribution in [1.29, 1.82) is 0 Å². The summed E-state index contributed by atoms with van der Waals surface area (Å²) in [5.41, 5.74) is 1.07. The molecular weight excluding hydrogens is 224 g/mol. The van der Waals surface area contributed by atoms with E-state index in [0.717, 1.165) is 23.6 Å². The van der Waals surface area contributed by atoms with Crippen molar-refractivity contribution in [3.63, 3.8) is 0 Å². The quantitative estimate of drug-likeness (QED) is 0.715. The molecule has 0 aliphatic heterocycles. The molecule has 2 rings (SSSR count). The lowest BCUT2D eigenvalue weighted by Crippen LogP contribution is -2.06. The van der Waals surface area contributed by atoms with Crippen LogP contribution in [0.1, 0.15) is 18.4 Å². The number of rotatable bonds is 2. The van der Waals surface area contributed by atoms with Crippen molar-refractivity contribution in [1.82, 2.24) is 0 Å². The second-order valence-electron chi connectivity index (χ2n) is 2.91. The van der Waals surface area contributed by atoms with E-state index < -0.39 is 0 Å². The van der Waals surface area contributed by atoms with Crippen LogP contribution in [0.15, 0.2) is 15.2 Å². The first-order valence-electron chi connectivity index (χ1n) is 3.47. The van der Waals surface area contributed by atoms with Crippen LogP contribution in [0.25, 0.3) is 0 Å². The second-order valence-corrected chi connectivity index (χ2v) is 4.51. The Balaban J connectivity index is 2.43. The summed E-state index contributed by atoms with van der Waals surface area (Å²) in [6.07, 6.45) is 3.12. The smallest absolute Gasteiger partial charge is 0.130 e. The van der Waals surface area contributed by atoms with Gasteiger partial charge in [-0.2, -0.15) is 11.3 Å². The van der Waals surface area contributed by atoms with E-state index in [1.807, 2.05) is 5.38 Å². The minimum Gasteiger partial charge on any atom is -0.302 e. The van der Waals surface area contributed by atoms with E-state index in [1.54, 1.807) is 11.3 Å². The predicted molar refractivity (Wildman–Crippen MR) is 49.0 cm³/mol. The largest absolute Gasteiger partial charge is 0.302 e. The molecule has 0 bridgehead atoms. The molecule has 0 aromatic carbocycles. The van der Waals surface area contributed by atoms with Crippen LogP contribution in [0.5, 0.6) is 0 Å². The van der Waals surface area contributed by atoms with Crippen LogP contribution < -0.4 is 0 Å². The number of hydrogen-bond donors (Lipinski definition) is 0. The first-order chi connectivity index (χ1) is 5.28. The number of halogens is 1. The highest BCUT2D eigenvalue weighted by molar-refractivity contribution is 9.10. The molecule has 3 heteroatoms. The zero-order valence-electron chi connectivity index (χ0n) is 5.84. The Morgan fingerprint density at radius 1 is 1.55 bits per heavy atom. The van der Waals surface area contributed by atoms with Gasteiger partial charge in [0, 0.05) is 9.85 Å². The second kappa shape index (κ2) is 2.42. The number of hydrogen-bond acceptors (Lipinski definition) is 2. The highest BCUT2D eigenvalue weighted by atomic mass is 79.9. The molecule has 1 aromatic heterocycles. The van der Waals surface area contributed by atoms with Gasteiger partial charge in [0.15, 0.2) is 0 Å². The molecule has 1 nitrogen and oxygen atoms in total. The number of aldehydes is 1. The van der Waals surface area contributed by atoms with Gasteiger partial charge in [-0.15, -0.1) is 0 Å². The average molecular weight is 231 g/mol. The Morgan fingerprint density at radius 3 is 2.64 bits per heavy atom. The van der Waals surface area contributed by atoms with Gasteiger partial charge in [-0.3, -0.25) is 0 Å². The number of thiophene rings is 1. The fourth-order valence-electron chi connectivity index (χ4n) is 1.22. The van der Waals surface area contributed by atoms with Crippen molar-refractivity contribution in [3.8, 4) is 0 Å². The third kappa shape index (κ3) is 1.07. The molecule has 1 aliphatic carbocycles. The van der Waals surface area contributed by atoms with Gasteiger partial charge in [0.05, 0.1) is 5.41 Å². The molecule has 0 amide bonds. The van der Waals surface area contributed by atoms with Gasteiger partial charge in [-0.25, -0.2) is 0 Å². The average Bonchev–Trinajstić information content (AvgIpc) is 2.70. The lowest BCUT2D eigenvalue weighted by molar-refractivity contribution is -0.109. The van der Waals surface area contributed by atoms with E-state index in [1.165, 1.54) is 5.56 Å². The topological polar surface area (TPSA) is 17.1 Å². The molecule has 0 N–H and O–H groups in total. The molecule has 0 radical (unpaired) electrons. The van der Waals surface area contributed by atoms with Gasteiger partial charge in [0.2, 0.25) is 0 Å². The maximum Gasteiger partial charge on any atom is 0.130 e. The number of carbonyl (C=O) groups is 1. The molecule has 0 unspecified atom stereocenters. The van der Waals surface area contributed by atoms with Crippen molar-refractivity contribution < 1.29 is 4.79 Å². The molecule has 11 heavy (non-hydrogen) atoms. The van der Waals surface area contributed by atoms with Crippen LogP contribution in [-0.2, 0) is 10.2 Å². The molecule has 58 valence electrons. The molecule has 1 aliphatic rings. The van der Waals surface area contributed by atoms with E-state index >= 15 is 0 Å². The monoisotopic (exact) mass is 230 g/mol. The van der Waals surface area contributed by atoms with Crippen LogP contribution in [0.4, 0.5) is 0 Å². The van der Waals surface area contributed by atoms with Gasteiger partial charge in [-0.05, 0) is 39.7 Å². The zero-order valence-corrected chi connectivity index (χ0v) is 8.24. The Kier molecular flexibility index (Phi) is 1.65. The fourth-order valence-corrected chi connectivity index (χ4v) is 3.02. The van der Waals surface area contributed by atoms with E-state index in [-0.39, 0.29) is 5.41 Å². The molecule has 1 heterocycles. The maximum absolute atomic E-state index is 10.7. The van der Waals surface area contributed by atoms with Gasteiger partial charge in [0.1, 0.15) is 6.29 Å². The van der Waals surface area contributed by atoms with E-state index in [4.69, 9.17) is 0 Å². The summed E-state index contributed by atoms with van der Waals surface area (Å²) in [5.74, 6) is 0. The Bertz CT molecular complexity index is 288. The summed E-state index contributed by atoms with van der Waals surface area (Å²) in [4.78, 5) is 10.7. The van der Waals surface area contributed by atoms with Gasteiger partial charge >= 0.3 is 0 Å². The lowest BCUT2D eigenvalue weighted by Gasteiger charge is -2.03. The summed E-state index contributed by atoms with van der Waals surface area (Å²) in [6, 6.07) is 0. The summed E-state index contributed by atoms with van der Waals surface area (Å²) in [6.45, 7) is 0. The first kappa shape index (κ1) is 7.50. The molecule has 0 spiro atoms. The van der Waals surface area contributed by atoms with Crippen molar-refractivity contribution in [3.05, 3.63) is 20.8 Å². The normalized spacial score (nSPS) is 19.7. The summed E-state index contributed by atoms with van der Waals surface area (Å²) < 4.78 is 1.09. The van der Waals surface area contributed by atoms with Crippen LogP contribution >= 0.6 is 27.3 Å². The van der Waals surface area contributed by atoms with Gasteiger partial charge < -0.3 is 4.79 Å². The number of carbonyl (C=O) groups excluding carboxylic acids is 1. The summed E-state index contributed by atoms with van der Waals surface area (Å²) in [7, 11) is 0. The van der Waals surface area contributed by atoms with Crippen molar-refractivity contribution >= 4 is 33.6 Å². The van der Waals surface area contributed by atoms with Crippen molar-refractivity contribution in [2.75, 3.05) is 0 Å². The molecular formula is C8H7BrOS. The van der Waals surface area contributed by atoms with E-state index in [0.29, 0.717) is 0 Å². The molecule has 0 saturated heterocycles. The summed E-state index contributed by atoms with van der Waals surface area (Å²) >= 11 is 5.08. The Hall–Kier alpha value is -0.150. The highest BCUT2D eigenvalue weighted by Gasteiger charge is 2.45. The minimum absolute atomic E-state index is 0.112. The molecule has 1 saturated carbocycles. The van der Waals surface area contributed by atoms with E-state index in [9.17, 15) is 4.79 Å². The SMILES string of the molecule is O=CC1(c2cscc2Br)CC1. The third-order valence-corrected chi connectivity index (χ3v) is 3.87. The maximum atomic E-state index is 10.7. The van der Waals surface area contributed by atoms with Crippen LogP contribution in [0.2, 0.25) is 0 Å². The van der Waals surface area contributed by atoms with E-state index in [2.05, 4.69) is 21.3 Å². The van der Waals surface area contributed by atoms with Gasteiger partial charge in [-0.1, -0.05) is 0 Å². The van der Waals surface area contributed by atoms with Crippen LogP contribution in [-0.4, -0.2) is 6.29 Å². The predicted octanol–water partition coefficient (Wildman–Crippen LogP) is 2.74. The fraction of sp³-hybridized carbons (Fsp3) is 0.375. The standard InChI is InChI=1S/C8H7BrOS/c9-7-4-11-3-6(7)8(5-10)1-2-8/h3-5H,1-2H2. The molecule has 0 atom stereocenters. The van der Waals surface area contributed by atoms with Crippen molar-refractivity contribution in [2.45, 2.75) is 18.3 Å². The molecule has 1 fully saturated rings. The van der Waals surface area contributed by atoms with Crippen LogP contribution in [0, 0.1) is 0 Å². The third-order valence-electron chi connectivity index (χ3n) is 2.17. The Labute approximate surface area is 77.6 Å². The first-order valence-corrected chi connectivity index (χ1v) is 5.21. The Morgan fingerprint density at radius 2 is 2.27 bits per heavy atom. The lowest BCUT2D eigenvalue weighted by atomic mass is 10.0. The van der Waals surface area contributed by atoms with Crippen molar-refractivity contribution in [2.24, 2.45) is 0 Å². The minimum atomic E-state index is -0.112. The molecule has 1 aromatic rings. The highest BCUT2D eigenvalue weighted by Crippen LogP contribution is 2.49. The summed E-state index contributed by atoms with van der Waals surface area (Å²) in [5, 5.41) is 4.09. The van der Waals surface area contributed by atoms with Crippen LogP contribution in [0.3, 0.4) is 0 Å².